The van der Waals surface area contributed by atoms with E-state index in [1.54, 1.807) is 24.8 Å². The third-order valence-corrected chi connectivity index (χ3v) is 3.57. The Morgan fingerprint density at radius 2 is 1.75 bits per heavy atom. The van der Waals surface area contributed by atoms with Gasteiger partial charge in [0, 0.05) is 38.6 Å². The molecule has 0 unspecified atom stereocenters. The zero-order valence-electron chi connectivity index (χ0n) is 11.2. The summed E-state index contributed by atoms with van der Waals surface area (Å²) in [5.74, 6) is 2.47. The number of nitrogens with zero attached hydrogens (tertiary/aromatic N) is 6. The molecule has 3 heterocycles. The molecular weight excluding hydrogens is 276 g/mol. The Balaban J connectivity index is 1.71. The van der Waals surface area contributed by atoms with Crippen molar-refractivity contribution in [3.8, 4) is 0 Å². The largest absolute Gasteiger partial charge is 0.352 e. The van der Waals surface area contributed by atoms with Crippen molar-refractivity contribution in [2.45, 2.75) is 6.92 Å². The Labute approximate surface area is 122 Å². The Bertz CT molecular complexity index is 583. The van der Waals surface area contributed by atoms with Crippen LogP contribution in [0.2, 0.25) is 5.02 Å². The van der Waals surface area contributed by atoms with E-state index < -0.39 is 0 Å². The third-order valence-electron chi connectivity index (χ3n) is 3.30. The minimum atomic E-state index is 0.601. The van der Waals surface area contributed by atoms with Gasteiger partial charge in [0.25, 0.3) is 0 Å². The van der Waals surface area contributed by atoms with E-state index in [-0.39, 0.29) is 0 Å². The summed E-state index contributed by atoms with van der Waals surface area (Å²) < 4.78 is 0. The number of halogens is 1. The molecule has 1 fully saturated rings. The van der Waals surface area contributed by atoms with E-state index in [0.29, 0.717) is 5.02 Å². The number of aryl methyl sites for hydroxylation is 1. The highest BCUT2D eigenvalue weighted by Gasteiger charge is 2.21. The number of rotatable bonds is 2. The van der Waals surface area contributed by atoms with Crippen LogP contribution in [0.25, 0.3) is 0 Å². The average Bonchev–Trinajstić information content (AvgIpc) is 2.51. The van der Waals surface area contributed by atoms with Crippen LogP contribution in [-0.4, -0.2) is 46.1 Å². The van der Waals surface area contributed by atoms with Crippen molar-refractivity contribution in [2.75, 3.05) is 36.0 Å². The Morgan fingerprint density at radius 3 is 2.45 bits per heavy atom. The van der Waals surface area contributed by atoms with Gasteiger partial charge in [-0.2, -0.15) is 0 Å². The van der Waals surface area contributed by atoms with Crippen molar-refractivity contribution in [2.24, 2.45) is 0 Å². The molecule has 20 heavy (non-hydrogen) atoms. The van der Waals surface area contributed by atoms with Crippen molar-refractivity contribution >= 4 is 23.2 Å². The van der Waals surface area contributed by atoms with E-state index in [0.717, 1.165) is 43.6 Å². The molecule has 0 bridgehead atoms. The fourth-order valence-corrected chi connectivity index (χ4v) is 2.48. The molecule has 0 saturated carbocycles. The van der Waals surface area contributed by atoms with Gasteiger partial charge >= 0.3 is 0 Å². The highest BCUT2D eigenvalue weighted by atomic mass is 35.5. The minimum Gasteiger partial charge on any atom is -0.352 e. The first kappa shape index (κ1) is 13.1. The molecule has 1 saturated heterocycles. The Kier molecular flexibility index (Phi) is 3.64. The van der Waals surface area contributed by atoms with Crippen LogP contribution in [0.4, 0.5) is 11.6 Å². The SMILES string of the molecule is Cc1ncc(Cl)c(N2CCN(c3cnccn3)CC2)n1. The van der Waals surface area contributed by atoms with Crippen LogP contribution < -0.4 is 9.80 Å². The molecule has 0 aliphatic carbocycles. The first-order valence-electron chi connectivity index (χ1n) is 6.49. The number of hydrogen-bond donors (Lipinski definition) is 0. The maximum Gasteiger partial charge on any atom is 0.151 e. The van der Waals surface area contributed by atoms with Crippen LogP contribution in [0, 0.1) is 6.92 Å². The molecule has 2 aromatic heterocycles. The summed E-state index contributed by atoms with van der Waals surface area (Å²) in [5.41, 5.74) is 0. The second-order valence-electron chi connectivity index (χ2n) is 4.63. The Morgan fingerprint density at radius 1 is 1.00 bits per heavy atom. The average molecular weight is 291 g/mol. The van der Waals surface area contributed by atoms with Gasteiger partial charge in [-0.1, -0.05) is 11.6 Å². The maximum absolute atomic E-state index is 6.18. The lowest BCUT2D eigenvalue weighted by atomic mass is 10.3. The summed E-state index contributed by atoms with van der Waals surface area (Å²) >= 11 is 6.18. The van der Waals surface area contributed by atoms with Gasteiger partial charge in [-0.15, -0.1) is 0 Å². The normalized spacial score (nSPS) is 15.5. The molecule has 0 N–H and O–H groups in total. The predicted molar refractivity (Wildman–Crippen MR) is 78.2 cm³/mol. The zero-order valence-corrected chi connectivity index (χ0v) is 12.0. The summed E-state index contributed by atoms with van der Waals surface area (Å²) in [7, 11) is 0. The van der Waals surface area contributed by atoms with Crippen LogP contribution in [0.5, 0.6) is 0 Å². The summed E-state index contributed by atoms with van der Waals surface area (Å²) in [4.78, 5) is 21.4. The van der Waals surface area contributed by atoms with Crippen molar-refractivity contribution in [1.29, 1.82) is 0 Å². The van der Waals surface area contributed by atoms with Crippen molar-refractivity contribution in [3.05, 3.63) is 35.6 Å². The summed E-state index contributed by atoms with van der Waals surface area (Å²) in [6, 6.07) is 0. The molecular formula is C13H15ClN6. The highest BCUT2D eigenvalue weighted by molar-refractivity contribution is 6.32. The van der Waals surface area contributed by atoms with Crippen LogP contribution in [-0.2, 0) is 0 Å². The first-order chi connectivity index (χ1) is 9.74. The molecule has 1 aliphatic rings. The molecule has 1 aliphatic heterocycles. The van der Waals surface area contributed by atoms with Gasteiger partial charge in [0.05, 0.1) is 12.4 Å². The van der Waals surface area contributed by atoms with Crippen LogP contribution >= 0.6 is 11.6 Å². The van der Waals surface area contributed by atoms with Gasteiger partial charge < -0.3 is 9.80 Å². The lowest BCUT2D eigenvalue weighted by Crippen LogP contribution is -2.47. The van der Waals surface area contributed by atoms with Crippen LogP contribution in [0.15, 0.2) is 24.8 Å². The number of aromatic nitrogens is 4. The molecule has 0 radical (unpaired) electrons. The second kappa shape index (κ2) is 5.58. The standard InChI is InChI=1S/C13H15ClN6/c1-10-17-8-11(14)13(18-10)20-6-4-19(5-7-20)12-9-15-2-3-16-12/h2-3,8-9H,4-7H2,1H3. The molecule has 0 spiro atoms. The highest BCUT2D eigenvalue weighted by Crippen LogP contribution is 2.24. The monoisotopic (exact) mass is 290 g/mol. The van der Waals surface area contributed by atoms with E-state index in [9.17, 15) is 0 Å². The first-order valence-corrected chi connectivity index (χ1v) is 6.87. The fourth-order valence-electron chi connectivity index (χ4n) is 2.27. The van der Waals surface area contributed by atoms with Crippen LogP contribution in [0.1, 0.15) is 5.82 Å². The topological polar surface area (TPSA) is 58.0 Å². The lowest BCUT2D eigenvalue weighted by Gasteiger charge is -2.36. The Hall–Kier alpha value is -1.95. The summed E-state index contributed by atoms with van der Waals surface area (Å²) in [5, 5.41) is 0.601. The van der Waals surface area contributed by atoms with Gasteiger partial charge in [-0.05, 0) is 6.92 Å². The quantitative estimate of drug-likeness (QED) is 0.836. The molecule has 3 rings (SSSR count). The predicted octanol–water partition coefficient (Wildman–Crippen LogP) is 1.56. The van der Waals surface area contributed by atoms with Gasteiger partial charge in [0.1, 0.15) is 16.7 Å². The fraction of sp³-hybridized carbons (Fsp3) is 0.385. The summed E-state index contributed by atoms with van der Waals surface area (Å²) in [6.07, 6.45) is 6.85. The molecule has 0 amide bonds. The number of anilines is 2. The van der Waals surface area contributed by atoms with E-state index in [1.807, 2.05) is 6.92 Å². The van der Waals surface area contributed by atoms with Crippen molar-refractivity contribution < 1.29 is 0 Å². The maximum atomic E-state index is 6.18. The molecule has 6 nitrogen and oxygen atoms in total. The number of piperazine rings is 1. The smallest absolute Gasteiger partial charge is 0.151 e. The van der Waals surface area contributed by atoms with Gasteiger partial charge in [-0.25, -0.2) is 15.0 Å². The molecule has 0 aromatic carbocycles. The van der Waals surface area contributed by atoms with E-state index >= 15 is 0 Å². The minimum absolute atomic E-state index is 0.601. The van der Waals surface area contributed by atoms with Gasteiger partial charge in [0.15, 0.2) is 5.82 Å². The lowest BCUT2D eigenvalue weighted by molar-refractivity contribution is 0.639. The molecule has 2 aromatic rings. The van der Waals surface area contributed by atoms with Crippen LogP contribution in [0.3, 0.4) is 0 Å². The second-order valence-corrected chi connectivity index (χ2v) is 5.03. The van der Waals surface area contributed by atoms with Gasteiger partial charge in [0.2, 0.25) is 0 Å². The van der Waals surface area contributed by atoms with E-state index in [1.165, 1.54) is 0 Å². The molecule has 104 valence electrons. The van der Waals surface area contributed by atoms with Gasteiger partial charge in [-0.3, -0.25) is 4.98 Å². The molecule has 7 heteroatoms. The third kappa shape index (κ3) is 2.65. The van der Waals surface area contributed by atoms with Crippen molar-refractivity contribution in [1.82, 2.24) is 19.9 Å². The zero-order chi connectivity index (χ0) is 13.9. The summed E-state index contributed by atoms with van der Waals surface area (Å²) in [6.45, 7) is 5.32. The number of hydrogen-bond acceptors (Lipinski definition) is 6. The van der Waals surface area contributed by atoms with E-state index in [2.05, 4.69) is 29.7 Å². The molecule has 0 atom stereocenters. The van der Waals surface area contributed by atoms with E-state index in [4.69, 9.17) is 11.6 Å². The van der Waals surface area contributed by atoms with Crippen molar-refractivity contribution in [3.63, 3.8) is 0 Å².